The normalized spacial score (nSPS) is 11.8. The first-order valence-electron chi connectivity index (χ1n) is 11.1. The number of benzene rings is 2. The van der Waals surface area contributed by atoms with Gasteiger partial charge in [0.1, 0.15) is 5.82 Å². The fourth-order valence-electron chi connectivity index (χ4n) is 4.20. The quantitative estimate of drug-likeness (QED) is 0.398. The molecule has 0 aliphatic heterocycles. The lowest BCUT2D eigenvalue weighted by atomic mass is 10.1. The monoisotopic (exact) mass is 434 g/mol. The second kappa shape index (κ2) is 8.65. The summed E-state index contributed by atoms with van der Waals surface area (Å²) in [5, 5.41) is 0. The maximum Gasteiger partial charge on any atom is 0.337 e. The van der Waals surface area contributed by atoms with Gasteiger partial charge in [-0.2, -0.15) is 0 Å². The molecule has 2 heterocycles. The number of hydrogen-bond donors (Lipinski definition) is 0. The molecule has 7 heteroatoms. The Bertz CT molecular complexity index is 1340. The molecular formula is C25H30N4O3. The molecule has 0 saturated carbocycles. The van der Waals surface area contributed by atoms with Crippen molar-refractivity contribution >= 4 is 28.0 Å². The Morgan fingerprint density at radius 2 is 1.72 bits per heavy atom. The third kappa shape index (κ3) is 3.83. The number of ether oxygens (including phenoxy) is 1. The number of fused-ring (bicyclic) bond motifs is 2. The van der Waals surface area contributed by atoms with E-state index < -0.39 is 0 Å². The Morgan fingerprint density at radius 1 is 1.00 bits per heavy atom. The van der Waals surface area contributed by atoms with Gasteiger partial charge in [0, 0.05) is 12.6 Å². The zero-order chi connectivity index (χ0) is 23.0. The van der Waals surface area contributed by atoms with E-state index in [1.807, 2.05) is 54.8 Å². The molecule has 0 N–H and O–H groups in total. The molecule has 4 rings (SSSR count). The van der Waals surface area contributed by atoms with Gasteiger partial charge in [0.05, 0.1) is 41.3 Å². The summed E-state index contributed by atoms with van der Waals surface area (Å²) >= 11 is 0. The van der Waals surface area contributed by atoms with E-state index >= 15 is 0 Å². The molecule has 0 aliphatic carbocycles. The Balaban J connectivity index is 1.88. The zero-order valence-corrected chi connectivity index (χ0v) is 19.3. The lowest BCUT2D eigenvalue weighted by Crippen LogP contribution is -2.27. The van der Waals surface area contributed by atoms with Crippen molar-refractivity contribution in [1.82, 2.24) is 18.7 Å². The van der Waals surface area contributed by atoms with Crippen molar-refractivity contribution in [1.29, 1.82) is 0 Å². The standard InChI is InChI=1S/C25H30N4O3/c1-16(2)12-13-27-22-14-18(24(30)32-5)10-11-19(22)26-23(27)15-28-20-8-6-7-9-21(20)29(17(3)4)25(28)31/h6-11,14,16-17H,12-13,15H2,1-5H3. The van der Waals surface area contributed by atoms with Crippen LogP contribution >= 0.6 is 0 Å². The first-order valence-corrected chi connectivity index (χ1v) is 11.1. The van der Waals surface area contributed by atoms with E-state index in [-0.39, 0.29) is 17.7 Å². The highest BCUT2D eigenvalue weighted by atomic mass is 16.5. The van der Waals surface area contributed by atoms with Gasteiger partial charge < -0.3 is 9.30 Å². The number of rotatable bonds is 7. The molecule has 0 amide bonds. The number of imidazole rings is 2. The number of methoxy groups -OCH3 is 1. The molecule has 0 saturated heterocycles. The maximum atomic E-state index is 13.3. The van der Waals surface area contributed by atoms with Crippen molar-refractivity contribution < 1.29 is 9.53 Å². The molecule has 32 heavy (non-hydrogen) atoms. The van der Waals surface area contributed by atoms with Gasteiger partial charge in [-0.25, -0.2) is 14.6 Å². The minimum atomic E-state index is -0.374. The number of nitrogens with zero attached hydrogens (tertiary/aromatic N) is 4. The number of aryl methyl sites for hydroxylation is 1. The molecule has 168 valence electrons. The van der Waals surface area contributed by atoms with Crippen LogP contribution in [-0.4, -0.2) is 31.8 Å². The molecule has 7 nitrogen and oxygen atoms in total. The number of carbonyl (C=O) groups is 1. The lowest BCUT2D eigenvalue weighted by Gasteiger charge is -2.12. The molecule has 0 bridgehead atoms. The third-order valence-electron chi connectivity index (χ3n) is 5.86. The van der Waals surface area contributed by atoms with Gasteiger partial charge in [-0.3, -0.25) is 9.13 Å². The topological polar surface area (TPSA) is 71.1 Å². The van der Waals surface area contributed by atoms with Gasteiger partial charge in [0.25, 0.3) is 0 Å². The molecular weight excluding hydrogens is 404 g/mol. The minimum Gasteiger partial charge on any atom is -0.465 e. The molecule has 2 aromatic heterocycles. The van der Waals surface area contributed by atoms with Crippen LogP contribution in [0.1, 0.15) is 56.3 Å². The largest absolute Gasteiger partial charge is 0.465 e. The van der Waals surface area contributed by atoms with Gasteiger partial charge in [0.15, 0.2) is 0 Å². The first kappa shape index (κ1) is 21.9. The molecule has 4 aromatic rings. The van der Waals surface area contributed by atoms with Crippen molar-refractivity contribution in [2.24, 2.45) is 5.92 Å². The fraction of sp³-hybridized carbons (Fsp3) is 0.400. The SMILES string of the molecule is COC(=O)c1ccc2nc(Cn3c(=O)n(C(C)C)c4ccccc43)n(CCC(C)C)c2c1. The average Bonchev–Trinajstić information content (AvgIpc) is 3.25. The lowest BCUT2D eigenvalue weighted by molar-refractivity contribution is 0.0601. The zero-order valence-electron chi connectivity index (χ0n) is 19.3. The van der Waals surface area contributed by atoms with Crippen LogP contribution in [-0.2, 0) is 17.8 Å². The van der Waals surface area contributed by atoms with Crippen LogP contribution in [0.5, 0.6) is 0 Å². The summed E-state index contributed by atoms with van der Waals surface area (Å²) in [6.45, 7) is 9.51. The maximum absolute atomic E-state index is 13.3. The minimum absolute atomic E-state index is 0.0427. The van der Waals surface area contributed by atoms with E-state index in [0.29, 0.717) is 18.0 Å². The van der Waals surface area contributed by atoms with Gasteiger partial charge in [-0.1, -0.05) is 26.0 Å². The van der Waals surface area contributed by atoms with Crippen LogP contribution in [0.2, 0.25) is 0 Å². The molecule has 2 aromatic carbocycles. The number of esters is 1. The molecule has 0 fully saturated rings. The molecule has 0 aliphatic rings. The number of carbonyl (C=O) groups excluding carboxylic acids is 1. The third-order valence-corrected chi connectivity index (χ3v) is 5.86. The number of para-hydroxylation sites is 2. The average molecular weight is 435 g/mol. The van der Waals surface area contributed by atoms with Gasteiger partial charge >= 0.3 is 11.7 Å². The van der Waals surface area contributed by atoms with Gasteiger partial charge in [-0.05, 0) is 56.5 Å². The molecule has 0 atom stereocenters. The predicted octanol–water partition coefficient (Wildman–Crippen LogP) is 4.61. The van der Waals surface area contributed by atoms with E-state index in [4.69, 9.17) is 9.72 Å². The van der Waals surface area contributed by atoms with Crippen LogP contribution < -0.4 is 5.69 Å². The van der Waals surface area contributed by atoms with Crippen molar-refractivity contribution in [3.63, 3.8) is 0 Å². The fourth-order valence-corrected chi connectivity index (χ4v) is 4.20. The van der Waals surface area contributed by atoms with Crippen LogP contribution in [0, 0.1) is 5.92 Å². The summed E-state index contributed by atoms with van der Waals surface area (Å²) in [5.41, 5.74) is 3.94. The Kier molecular flexibility index (Phi) is 5.91. The highest BCUT2D eigenvalue weighted by Crippen LogP contribution is 2.23. The second-order valence-corrected chi connectivity index (χ2v) is 8.88. The summed E-state index contributed by atoms with van der Waals surface area (Å²) < 4.78 is 10.7. The summed E-state index contributed by atoms with van der Waals surface area (Å²) in [6, 6.07) is 13.3. The van der Waals surface area contributed by atoms with Crippen molar-refractivity contribution in [3.05, 3.63) is 64.3 Å². The summed E-state index contributed by atoms with van der Waals surface area (Å²) in [7, 11) is 1.38. The summed E-state index contributed by atoms with van der Waals surface area (Å²) in [5.74, 6) is 0.937. The van der Waals surface area contributed by atoms with Gasteiger partial charge in [-0.15, -0.1) is 0 Å². The van der Waals surface area contributed by atoms with E-state index in [1.165, 1.54) is 7.11 Å². The Hall–Kier alpha value is -3.35. The van der Waals surface area contributed by atoms with Crippen molar-refractivity contribution in [2.45, 2.75) is 53.2 Å². The first-order chi connectivity index (χ1) is 15.3. The highest BCUT2D eigenvalue weighted by molar-refractivity contribution is 5.93. The van der Waals surface area contributed by atoms with E-state index in [9.17, 15) is 9.59 Å². The summed E-state index contributed by atoms with van der Waals surface area (Å²) in [6.07, 6.45) is 0.962. The van der Waals surface area contributed by atoms with Crippen LogP contribution in [0.4, 0.5) is 0 Å². The molecule has 0 unspecified atom stereocenters. The highest BCUT2D eigenvalue weighted by Gasteiger charge is 2.19. The van der Waals surface area contributed by atoms with Crippen molar-refractivity contribution in [2.75, 3.05) is 7.11 Å². The van der Waals surface area contributed by atoms with Crippen LogP contribution in [0.25, 0.3) is 22.1 Å². The summed E-state index contributed by atoms with van der Waals surface area (Å²) in [4.78, 5) is 30.3. The molecule has 0 radical (unpaired) electrons. The smallest absolute Gasteiger partial charge is 0.337 e. The van der Waals surface area contributed by atoms with E-state index in [2.05, 4.69) is 18.4 Å². The Morgan fingerprint density at radius 3 is 2.38 bits per heavy atom. The second-order valence-electron chi connectivity index (χ2n) is 8.88. The predicted molar refractivity (Wildman–Crippen MR) is 126 cm³/mol. The molecule has 0 spiro atoms. The number of hydrogen-bond acceptors (Lipinski definition) is 4. The van der Waals surface area contributed by atoms with Crippen molar-refractivity contribution in [3.8, 4) is 0 Å². The van der Waals surface area contributed by atoms with Crippen LogP contribution in [0.15, 0.2) is 47.3 Å². The Labute approximate surface area is 187 Å². The number of aromatic nitrogens is 4. The van der Waals surface area contributed by atoms with E-state index in [1.54, 1.807) is 10.6 Å². The van der Waals surface area contributed by atoms with Crippen LogP contribution in [0.3, 0.4) is 0 Å². The van der Waals surface area contributed by atoms with E-state index in [0.717, 1.165) is 40.9 Å². The van der Waals surface area contributed by atoms with Gasteiger partial charge in [0.2, 0.25) is 0 Å².